The second-order valence-electron chi connectivity index (χ2n) is 13.5. The number of hydrogen-bond acceptors (Lipinski definition) is 4. The zero-order valence-corrected chi connectivity index (χ0v) is 28.2. The minimum Gasteiger partial charge on any atom is -0.736 e. The number of rotatable bonds is 4. The Hall–Kier alpha value is -0.770. The van der Waals surface area contributed by atoms with Crippen molar-refractivity contribution in [3.8, 4) is 11.5 Å². The van der Waals surface area contributed by atoms with E-state index in [4.69, 9.17) is 9.05 Å². The van der Waals surface area contributed by atoms with Crippen LogP contribution in [0.15, 0.2) is 24.3 Å². The quantitative estimate of drug-likeness (QED) is 0.330. The van der Waals surface area contributed by atoms with E-state index in [0.717, 1.165) is 73.6 Å². The molecule has 1 heterocycles. The van der Waals surface area contributed by atoms with Crippen LogP contribution in [0.4, 0.5) is 0 Å². The first-order chi connectivity index (χ1) is 17.9. The third-order valence-electron chi connectivity index (χ3n) is 9.71. The van der Waals surface area contributed by atoms with Crippen LogP contribution in [-0.2, 0) is 21.8 Å². The van der Waals surface area contributed by atoms with E-state index in [2.05, 4.69) is 65.8 Å². The van der Waals surface area contributed by atoms with Crippen LogP contribution in [0.2, 0.25) is 0 Å². The van der Waals surface area contributed by atoms with Crippen molar-refractivity contribution in [1.29, 1.82) is 0 Å². The number of benzene rings is 2. The molecular weight excluding hydrogens is 514 g/mol. The van der Waals surface area contributed by atoms with Crippen molar-refractivity contribution in [1.82, 2.24) is 0 Å². The molecule has 2 aromatic carbocycles. The van der Waals surface area contributed by atoms with E-state index in [-0.39, 0.29) is 40.4 Å². The molecule has 4 nitrogen and oxygen atoms in total. The van der Waals surface area contributed by atoms with Crippen molar-refractivity contribution in [3.63, 3.8) is 0 Å². The summed E-state index contributed by atoms with van der Waals surface area (Å²) in [7, 11) is -4.67. The van der Waals surface area contributed by atoms with Gasteiger partial charge in [-0.15, -0.1) is 0 Å². The predicted molar refractivity (Wildman–Crippen MR) is 154 cm³/mol. The van der Waals surface area contributed by atoms with Gasteiger partial charge >= 0.3 is 37.4 Å². The molecule has 0 unspecified atom stereocenters. The Labute approximate surface area is 258 Å². The van der Waals surface area contributed by atoms with E-state index in [1.807, 2.05) is 0 Å². The molecule has 0 atom stereocenters. The molecule has 0 amide bonds. The minimum atomic E-state index is -4.67. The summed E-state index contributed by atoms with van der Waals surface area (Å²) in [6, 6.07) is 8.82. The molecule has 39 heavy (non-hydrogen) atoms. The number of phosphoric acid groups is 1. The monoisotopic (exact) mass is 560 g/mol. The van der Waals surface area contributed by atoms with Gasteiger partial charge < -0.3 is 13.9 Å². The van der Waals surface area contributed by atoms with E-state index in [9.17, 15) is 9.46 Å². The molecule has 0 saturated heterocycles. The van der Waals surface area contributed by atoms with E-state index in [1.54, 1.807) is 0 Å². The largest absolute Gasteiger partial charge is 1.00 e. The van der Waals surface area contributed by atoms with Crippen molar-refractivity contribution in [2.45, 2.75) is 135 Å². The van der Waals surface area contributed by atoms with Crippen molar-refractivity contribution in [2.24, 2.45) is 0 Å². The maximum Gasteiger partial charge on any atom is 1.00 e. The van der Waals surface area contributed by atoms with Crippen LogP contribution in [0.3, 0.4) is 0 Å². The van der Waals surface area contributed by atoms with Crippen molar-refractivity contribution < 1.29 is 48.1 Å². The van der Waals surface area contributed by atoms with Crippen LogP contribution >= 0.6 is 7.82 Å². The second kappa shape index (κ2) is 11.8. The molecule has 0 bridgehead atoms. The van der Waals surface area contributed by atoms with Crippen LogP contribution in [-0.4, -0.2) is 0 Å². The fourth-order valence-corrected chi connectivity index (χ4v) is 8.03. The second-order valence-corrected chi connectivity index (χ2v) is 14.7. The van der Waals surface area contributed by atoms with Crippen molar-refractivity contribution >= 4 is 7.82 Å². The van der Waals surface area contributed by atoms with Crippen molar-refractivity contribution in [3.05, 3.63) is 57.6 Å². The summed E-state index contributed by atoms with van der Waals surface area (Å²) in [5.74, 6) is 1.71. The summed E-state index contributed by atoms with van der Waals surface area (Å²) >= 11 is 0. The van der Waals surface area contributed by atoms with Crippen LogP contribution in [0, 0.1) is 0 Å². The molecule has 3 aliphatic rings. The first kappa shape index (κ1) is 31.2. The first-order valence-electron chi connectivity index (χ1n) is 15.0. The Morgan fingerprint density at radius 3 is 1.38 bits per heavy atom. The molecular formula is C33H46NaO4P. The Morgan fingerprint density at radius 2 is 1.05 bits per heavy atom. The molecule has 208 valence electrons. The summed E-state index contributed by atoms with van der Waals surface area (Å²) in [5.41, 5.74) is 6.32. The molecule has 2 aromatic rings. The van der Waals surface area contributed by atoms with Gasteiger partial charge in [0, 0.05) is 17.5 Å². The van der Waals surface area contributed by atoms with Gasteiger partial charge in [0.25, 0.3) is 0 Å². The van der Waals surface area contributed by atoms with Gasteiger partial charge in [0.2, 0.25) is 0 Å². The Morgan fingerprint density at radius 1 is 0.692 bits per heavy atom. The fraction of sp³-hybridized carbons (Fsp3) is 0.636. The van der Waals surface area contributed by atoms with Crippen LogP contribution < -0.4 is 43.5 Å². The standard InChI is InChI=1S/C33H47O4P.Na/c1-22(2)24-17-26-19-27-18-25(23(3)4)21-29(33(6)15-11-8-12-16-33)31(27)37-38(34,35)36-30(26)28(20-24)32(5)13-9-7-10-14-32;/h17-18,20-23H,7-16,19H2,1-6H3,(H,34,35);/q;+1/p-1. The van der Waals surface area contributed by atoms with E-state index in [1.165, 1.54) is 24.0 Å². The molecule has 0 radical (unpaired) electrons. The third kappa shape index (κ3) is 6.36. The van der Waals surface area contributed by atoms with Gasteiger partial charge in [-0.05, 0) is 70.6 Å². The van der Waals surface area contributed by atoms with Gasteiger partial charge in [0.15, 0.2) is 0 Å². The first-order valence-corrected chi connectivity index (χ1v) is 16.4. The normalized spacial score (nSPS) is 21.5. The molecule has 2 saturated carbocycles. The zero-order chi connectivity index (χ0) is 27.3. The Kier molecular flexibility index (Phi) is 9.47. The average Bonchev–Trinajstić information content (AvgIpc) is 2.85. The van der Waals surface area contributed by atoms with Gasteiger partial charge in [0.1, 0.15) is 11.5 Å². The topological polar surface area (TPSA) is 58.6 Å². The number of fused-ring (bicyclic) bond motifs is 2. The molecule has 6 heteroatoms. The number of phosphoric ester groups is 1. The summed E-state index contributed by atoms with van der Waals surface area (Å²) < 4.78 is 25.6. The van der Waals surface area contributed by atoms with Crippen LogP contribution in [0.5, 0.6) is 11.5 Å². The minimum absolute atomic E-state index is 0. The molecule has 2 fully saturated rings. The summed E-state index contributed by atoms with van der Waals surface area (Å²) in [6.07, 6.45) is 11.9. The van der Waals surface area contributed by atoms with Gasteiger partial charge in [-0.1, -0.05) is 104 Å². The molecule has 0 spiro atoms. The molecule has 1 aliphatic heterocycles. The van der Waals surface area contributed by atoms with E-state index >= 15 is 0 Å². The molecule has 5 rings (SSSR count). The number of hydrogen-bond donors (Lipinski definition) is 0. The summed E-state index contributed by atoms with van der Waals surface area (Å²) in [5, 5.41) is 0. The maximum absolute atomic E-state index is 13.6. The van der Waals surface area contributed by atoms with Crippen LogP contribution in [0.1, 0.15) is 151 Å². The van der Waals surface area contributed by atoms with Gasteiger partial charge in [0.05, 0.1) is 0 Å². The molecule has 0 N–H and O–H groups in total. The molecule has 2 aliphatic carbocycles. The fourth-order valence-electron chi connectivity index (χ4n) is 7.12. The van der Waals surface area contributed by atoms with E-state index in [0.29, 0.717) is 29.8 Å². The SMILES string of the molecule is CC(C)c1cc2c(c(C3(C)CCCCC3)c1)OP(=O)([O-])Oc1c(cc(C(C)C)cc1C1(C)CCCCC1)C2.[Na+]. The predicted octanol–water partition coefficient (Wildman–Crippen LogP) is 6.21. The summed E-state index contributed by atoms with van der Waals surface area (Å²) in [6.45, 7) is 13.4. The zero-order valence-electron chi connectivity index (χ0n) is 25.3. The average molecular weight is 561 g/mol. The van der Waals surface area contributed by atoms with Crippen LogP contribution in [0.25, 0.3) is 0 Å². The van der Waals surface area contributed by atoms with Gasteiger partial charge in [-0.2, -0.15) is 0 Å². The Balaban J connectivity index is 0.00000353. The molecule has 0 aromatic heterocycles. The van der Waals surface area contributed by atoms with Crippen molar-refractivity contribution in [2.75, 3.05) is 0 Å². The summed E-state index contributed by atoms with van der Waals surface area (Å²) in [4.78, 5) is 13.6. The van der Waals surface area contributed by atoms with E-state index < -0.39 is 7.82 Å². The third-order valence-corrected chi connectivity index (χ3v) is 10.5. The van der Waals surface area contributed by atoms with Gasteiger partial charge in [-0.25, -0.2) is 4.57 Å². The van der Waals surface area contributed by atoms with Gasteiger partial charge in [-0.3, -0.25) is 0 Å². The maximum atomic E-state index is 13.6. The Bertz CT molecular complexity index is 1150. The smallest absolute Gasteiger partial charge is 0.736 e.